The molecule has 0 unspecified atom stereocenters. The SMILES string of the molecule is Cc1occc1CN(C)C(=O)c1sccc1C#CCCO. The Kier molecular flexibility index (Phi) is 5.20. The molecular weight excluding hydrogens is 286 g/mol. The number of nitrogens with zero attached hydrogens (tertiary/aromatic N) is 1. The number of amides is 1. The number of carbonyl (C=O) groups is 1. The smallest absolute Gasteiger partial charge is 0.265 e. The van der Waals surface area contributed by atoms with Crippen molar-refractivity contribution in [2.75, 3.05) is 13.7 Å². The summed E-state index contributed by atoms with van der Waals surface area (Å²) < 4.78 is 5.24. The first kappa shape index (κ1) is 15.4. The average molecular weight is 303 g/mol. The van der Waals surface area contributed by atoms with Gasteiger partial charge in [0, 0.05) is 31.1 Å². The first-order chi connectivity index (χ1) is 10.1. The summed E-state index contributed by atoms with van der Waals surface area (Å²) in [7, 11) is 1.76. The molecule has 0 aliphatic carbocycles. The van der Waals surface area contributed by atoms with Crippen LogP contribution in [0.4, 0.5) is 0 Å². The molecule has 1 amide bonds. The molecule has 0 saturated heterocycles. The largest absolute Gasteiger partial charge is 0.469 e. The second kappa shape index (κ2) is 7.11. The van der Waals surface area contributed by atoms with Crippen molar-refractivity contribution in [2.45, 2.75) is 19.9 Å². The zero-order valence-corrected chi connectivity index (χ0v) is 12.9. The molecule has 110 valence electrons. The van der Waals surface area contributed by atoms with Crippen LogP contribution in [0.5, 0.6) is 0 Å². The summed E-state index contributed by atoms with van der Waals surface area (Å²) >= 11 is 1.38. The van der Waals surface area contributed by atoms with E-state index in [0.717, 1.165) is 11.3 Å². The standard InChI is InChI=1S/C16H17NO3S/c1-12-14(6-9-20-12)11-17(2)16(19)15-13(7-10-21-15)5-3-4-8-18/h6-7,9-10,18H,4,8,11H2,1-2H3. The number of furan rings is 1. The van der Waals surface area contributed by atoms with Crippen molar-refractivity contribution in [3.63, 3.8) is 0 Å². The predicted molar refractivity (Wildman–Crippen MR) is 82.1 cm³/mol. The molecule has 0 aliphatic heterocycles. The minimum atomic E-state index is -0.0566. The van der Waals surface area contributed by atoms with Gasteiger partial charge in [0.2, 0.25) is 0 Å². The maximum Gasteiger partial charge on any atom is 0.265 e. The molecule has 21 heavy (non-hydrogen) atoms. The van der Waals surface area contributed by atoms with Crippen LogP contribution in [0.3, 0.4) is 0 Å². The molecule has 4 nitrogen and oxygen atoms in total. The number of rotatable bonds is 4. The van der Waals surface area contributed by atoms with Gasteiger partial charge in [-0.3, -0.25) is 4.79 Å². The molecule has 0 atom stereocenters. The maximum atomic E-state index is 12.5. The monoisotopic (exact) mass is 303 g/mol. The summed E-state index contributed by atoms with van der Waals surface area (Å²) in [5.41, 5.74) is 1.71. The van der Waals surface area contributed by atoms with Crippen molar-refractivity contribution < 1.29 is 14.3 Å². The third kappa shape index (κ3) is 3.75. The van der Waals surface area contributed by atoms with Crippen LogP contribution >= 0.6 is 11.3 Å². The van der Waals surface area contributed by atoms with Gasteiger partial charge in [0.15, 0.2) is 0 Å². The molecular formula is C16H17NO3S. The molecule has 2 heterocycles. The summed E-state index contributed by atoms with van der Waals surface area (Å²) in [6.07, 6.45) is 2.04. The van der Waals surface area contributed by atoms with E-state index in [1.54, 1.807) is 18.2 Å². The molecule has 2 aromatic heterocycles. The Balaban J connectivity index is 2.12. The number of aliphatic hydroxyl groups is 1. The Morgan fingerprint density at radius 1 is 1.48 bits per heavy atom. The summed E-state index contributed by atoms with van der Waals surface area (Å²) in [5.74, 6) is 6.55. The molecule has 0 fully saturated rings. The van der Waals surface area contributed by atoms with E-state index in [1.807, 2.05) is 24.4 Å². The van der Waals surface area contributed by atoms with E-state index >= 15 is 0 Å². The van der Waals surface area contributed by atoms with E-state index < -0.39 is 0 Å². The third-order valence-corrected chi connectivity index (χ3v) is 3.94. The van der Waals surface area contributed by atoms with E-state index in [9.17, 15) is 4.79 Å². The van der Waals surface area contributed by atoms with Gasteiger partial charge < -0.3 is 14.4 Å². The summed E-state index contributed by atoms with van der Waals surface area (Å²) in [6, 6.07) is 3.70. The fraction of sp³-hybridized carbons (Fsp3) is 0.312. The van der Waals surface area contributed by atoms with E-state index in [0.29, 0.717) is 23.4 Å². The summed E-state index contributed by atoms with van der Waals surface area (Å²) in [4.78, 5) is 14.8. The van der Waals surface area contributed by atoms with Gasteiger partial charge in [-0.25, -0.2) is 0 Å². The highest BCUT2D eigenvalue weighted by atomic mass is 32.1. The number of aliphatic hydroxyl groups excluding tert-OH is 1. The number of hydrogen-bond donors (Lipinski definition) is 1. The highest BCUT2D eigenvalue weighted by Gasteiger charge is 2.17. The van der Waals surface area contributed by atoms with Crippen molar-refractivity contribution >= 4 is 17.2 Å². The van der Waals surface area contributed by atoms with Crippen LogP contribution in [-0.2, 0) is 6.54 Å². The Hall–Kier alpha value is -2.03. The second-order valence-corrected chi connectivity index (χ2v) is 5.52. The topological polar surface area (TPSA) is 53.7 Å². The van der Waals surface area contributed by atoms with Gasteiger partial charge in [-0.2, -0.15) is 0 Å². The van der Waals surface area contributed by atoms with Crippen LogP contribution in [0.25, 0.3) is 0 Å². The van der Waals surface area contributed by atoms with Crippen LogP contribution in [-0.4, -0.2) is 29.6 Å². The maximum absolute atomic E-state index is 12.5. The number of thiophene rings is 1. The van der Waals surface area contributed by atoms with Crippen LogP contribution in [0.1, 0.15) is 33.0 Å². The lowest BCUT2D eigenvalue weighted by Crippen LogP contribution is -2.26. The fourth-order valence-electron chi connectivity index (χ4n) is 1.86. The van der Waals surface area contributed by atoms with Gasteiger partial charge in [0.1, 0.15) is 10.6 Å². The molecule has 0 spiro atoms. The molecule has 0 aromatic carbocycles. The van der Waals surface area contributed by atoms with Gasteiger partial charge in [-0.1, -0.05) is 11.8 Å². The normalized spacial score (nSPS) is 10.0. The minimum Gasteiger partial charge on any atom is -0.469 e. The van der Waals surface area contributed by atoms with Crippen molar-refractivity contribution in [3.05, 3.63) is 45.5 Å². The van der Waals surface area contributed by atoms with Crippen molar-refractivity contribution in [1.82, 2.24) is 4.90 Å². The van der Waals surface area contributed by atoms with E-state index in [1.165, 1.54) is 11.3 Å². The van der Waals surface area contributed by atoms with Crippen LogP contribution in [0.15, 0.2) is 28.2 Å². The number of hydrogen-bond acceptors (Lipinski definition) is 4. The third-order valence-electron chi connectivity index (χ3n) is 3.04. The lowest BCUT2D eigenvalue weighted by molar-refractivity contribution is 0.0789. The van der Waals surface area contributed by atoms with E-state index in [-0.39, 0.29) is 12.5 Å². The zero-order chi connectivity index (χ0) is 15.2. The quantitative estimate of drug-likeness (QED) is 0.884. The number of carbonyl (C=O) groups excluding carboxylic acids is 1. The molecule has 0 bridgehead atoms. The Morgan fingerprint density at radius 3 is 2.95 bits per heavy atom. The first-order valence-electron chi connectivity index (χ1n) is 6.59. The average Bonchev–Trinajstić information content (AvgIpc) is 3.08. The van der Waals surface area contributed by atoms with Crippen molar-refractivity contribution in [1.29, 1.82) is 0 Å². The fourth-order valence-corrected chi connectivity index (χ4v) is 2.71. The van der Waals surface area contributed by atoms with Gasteiger partial charge >= 0.3 is 0 Å². The van der Waals surface area contributed by atoms with Crippen LogP contribution in [0, 0.1) is 18.8 Å². The van der Waals surface area contributed by atoms with E-state index in [2.05, 4.69) is 11.8 Å². The van der Waals surface area contributed by atoms with Gasteiger partial charge in [0.25, 0.3) is 5.91 Å². The molecule has 0 radical (unpaired) electrons. The lowest BCUT2D eigenvalue weighted by Gasteiger charge is -2.16. The van der Waals surface area contributed by atoms with E-state index in [4.69, 9.17) is 9.52 Å². The molecule has 2 rings (SSSR count). The van der Waals surface area contributed by atoms with Crippen LogP contribution < -0.4 is 0 Å². The highest BCUT2D eigenvalue weighted by molar-refractivity contribution is 7.12. The summed E-state index contributed by atoms with van der Waals surface area (Å²) in [5, 5.41) is 10.6. The second-order valence-electron chi connectivity index (χ2n) is 4.60. The number of aryl methyl sites for hydroxylation is 1. The Morgan fingerprint density at radius 2 is 2.29 bits per heavy atom. The van der Waals surface area contributed by atoms with Gasteiger partial charge in [0.05, 0.1) is 12.9 Å². The molecule has 0 aliphatic rings. The minimum absolute atomic E-state index is 0.0279. The molecule has 0 saturated carbocycles. The summed E-state index contributed by atoms with van der Waals surface area (Å²) in [6.45, 7) is 2.41. The molecule has 5 heteroatoms. The zero-order valence-electron chi connectivity index (χ0n) is 12.0. The molecule has 2 aromatic rings. The Bertz CT molecular complexity index is 675. The first-order valence-corrected chi connectivity index (χ1v) is 7.47. The highest BCUT2D eigenvalue weighted by Crippen LogP contribution is 2.19. The molecule has 1 N–H and O–H groups in total. The van der Waals surface area contributed by atoms with Crippen molar-refractivity contribution in [2.24, 2.45) is 0 Å². The Labute approximate surface area is 128 Å². The lowest BCUT2D eigenvalue weighted by atomic mass is 10.2. The van der Waals surface area contributed by atoms with Crippen LogP contribution in [0.2, 0.25) is 0 Å². The predicted octanol–water partition coefficient (Wildman–Crippen LogP) is 2.66. The van der Waals surface area contributed by atoms with Gasteiger partial charge in [-0.15, -0.1) is 11.3 Å². The van der Waals surface area contributed by atoms with Crippen molar-refractivity contribution in [3.8, 4) is 11.8 Å². The van der Waals surface area contributed by atoms with Gasteiger partial charge in [-0.05, 0) is 24.4 Å².